The number of nitrogens with one attached hydrogen (secondary N) is 1. The molecule has 0 saturated carbocycles. The normalized spacial score (nSPS) is 14.7. The summed E-state index contributed by atoms with van der Waals surface area (Å²) in [7, 11) is 0. The summed E-state index contributed by atoms with van der Waals surface area (Å²) in [4.78, 5) is 4.08. The SMILES string of the molecule is ClC1=NCc2cc(I)ccc2N1. The zero-order valence-corrected chi connectivity index (χ0v) is 9.06. The summed E-state index contributed by atoms with van der Waals surface area (Å²) in [6.07, 6.45) is 0. The third kappa shape index (κ3) is 1.56. The Morgan fingerprint density at radius 2 is 2.33 bits per heavy atom. The van der Waals surface area contributed by atoms with E-state index >= 15 is 0 Å². The standard InChI is InChI=1S/C8H6ClIN2/c9-8-11-4-5-3-6(10)1-2-7(5)12-8/h1-3H,4H2,(H,11,12). The molecule has 62 valence electrons. The van der Waals surface area contributed by atoms with Crippen molar-refractivity contribution in [2.75, 3.05) is 5.32 Å². The van der Waals surface area contributed by atoms with E-state index < -0.39 is 0 Å². The van der Waals surface area contributed by atoms with E-state index in [9.17, 15) is 0 Å². The lowest BCUT2D eigenvalue weighted by Crippen LogP contribution is -2.11. The molecule has 0 bridgehead atoms. The zero-order chi connectivity index (χ0) is 8.55. The number of amidine groups is 1. The monoisotopic (exact) mass is 292 g/mol. The van der Waals surface area contributed by atoms with Crippen molar-refractivity contribution in [1.29, 1.82) is 0 Å². The van der Waals surface area contributed by atoms with E-state index in [0.29, 0.717) is 11.8 Å². The molecule has 12 heavy (non-hydrogen) atoms. The van der Waals surface area contributed by atoms with Gasteiger partial charge in [-0.25, -0.2) is 0 Å². The fourth-order valence-electron chi connectivity index (χ4n) is 1.12. The van der Waals surface area contributed by atoms with Gasteiger partial charge in [-0.2, -0.15) is 0 Å². The maximum atomic E-state index is 5.72. The molecule has 4 heteroatoms. The number of aliphatic imine (C=N–C) groups is 1. The van der Waals surface area contributed by atoms with Crippen LogP contribution in [0.15, 0.2) is 23.2 Å². The van der Waals surface area contributed by atoms with E-state index in [2.05, 4.69) is 39.0 Å². The van der Waals surface area contributed by atoms with Crippen molar-refractivity contribution in [1.82, 2.24) is 0 Å². The van der Waals surface area contributed by atoms with Crippen molar-refractivity contribution >= 4 is 45.2 Å². The second kappa shape index (κ2) is 3.22. The second-order valence-corrected chi connectivity index (χ2v) is 4.14. The second-order valence-electron chi connectivity index (χ2n) is 2.53. The Morgan fingerprint density at radius 3 is 3.17 bits per heavy atom. The smallest absolute Gasteiger partial charge is 0.196 e. The summed E-state index contributed by atoms with van der Waals surface area (Å²) in [6, 6.07) is 6.17. The summed E-state index contributed by atoms with van der Waals surface area (Å²) >= 11 is 8.00. The predicted octanol–water partition coefficient (Wildman–Crippen LogP) is 2.81. The summed E-state index contributed by atoms with van der Waals surface area (Å²) in [5.41, 5.74) is 2.27. The highest BCUT2D eigenvalue weighted by molar-refractivity contribution is 14.1. The number of halogens is 2. The third-order valence-electron chi connectivity index (χ3n) is 1.69. The van der Waals surface area contributed by atoms with Gasteiger partial charge in [-0.1, -0.05) is 0 Å². The Bertz CT molecular complexity index is 349. The van der Waals surface area contributed by atoms with Crippen molar-refractivity contribution < 1.29 is 0 Å². The molecule has 0 spiro atoms. The van der Waals surface area contributed by atoms with Crippen LogP contribution in [0.1, 0.15) is 5.56 Å². The van der Waals surface area contributed by atoms with Crippen molar-refractivity contribution in [3.8, 4) is 0 Å². The number of benzene rings is 1. The lowest BCUT2D eigenvalue weighted by Gasteiger charge is -2.14. The molecule has 1 aromatic carbocycles. The van der Waals surface area contributed by atoms with Crippen molar-refractivity contribution in [3.63, 3.8) is 0 Å². The Hall–Kier alpha value is -0.290. The number of hydrogen-bond acceptors (Lipinski definition) is 2. The first kappa shape index (κ1) is 8.31. The third-order valence-corrected chi connectivity index (χ3v) is 2.58. The lowest BCUT2D eigenvalue weighted by atomic mass is 10.1. The predicted molar refractivity (Wildman–Crippen MR) is 59.8 cm³/mol. The number of hydrogen-bond donors (Lipinski definition) is 1. The van der Waals surface area contributed by atoms with Crippen LogP contribution in [0.3, 0.4) is 0 Å². The van der Waals surface area contributed by atoms with Crippen LogP contribution in [0.4, 0.5) is 5.69 Å². The van der Waals surface area contributed by atoms with E-state index in [1.165, 1.54) is 9.13 Å². The fourth-order valence-corrected chi connectivity index (χ4v) is 1.84. The van der Waals surface area contributed by atoms with Crippen molar-refractivity contribution in [2.45, 2.75) is 6.54 Å². The summed E-state index contributed by atoms with van der Waals surface area (Å²) in [5.74, 6) is 0. The number of rotatable bonds is 0. The minimum atomic E-state index is 0.476. The molecule has 0 unspecified atom stereocenters. The number of nitrogens with zero attached hydrogens (tertiary/aromatic N) is 1. The molecule has 1 aliphatic rings. The molecule has 0 aliphatic carbocycles. The molecule has 1 N–H and O–H groups in total. The number of anilines is 1. The van der Waals surface area contributed by atoms with Crippen LogP contribution in [0.25, 0.3) is 0 Å². The molecule has 0 atom stereocenters. The van der Waals surface area contributed by atoms with Crippen LogP contribution in [0, 0.1) is 3.57 Å². The number of fused-ring (bicyclic) bond motifs is 1. The van der Waals surface area contributed by atoms with E-state index in [4.69, 9.17) is 11.6 Å². The van der Waals surface area contributed by atoms with Crippen LogP contribution >= 0.6 is 34.2 Å². The van der Waals surface area contributed by atoms with Gasteiger partial charge in [0.15, 0.2) is 5.29 Å². The summed E-state index contributed by atoms with van der Waals surface area (Å²) in [5, 5.41) is 3.47. The van der Waals surface area contributed by atoms with Crippen LogP contribution < -0.4 is 5.32 Å². The van der Waals surface area contributed by atoms with E-state index in [1.54, 1.807) is 0 Å². The average Bonchev–Trinajstić information content (AvgIpc) is 2.05. The van der Waals surface area contributed by atoms with E-state index in [1.807, 2.05) is 12.1 Å². The highest BCUT2D eigenvalue weighted by Crippen LogP contribution is 2.23. The zero-order valence-electron chi connectivity index (χ0n) is 6.14. The highest BCUT2D eigenvalue weighted by atomic mass is 127. The summed E-state index contributed by atoms with van der Waals surface area (Å²) in [6.45, 7) is 0.679. The van der Waals surface area contributed by atoms with Crippen LogP contribution in [-0.4, -0.2) is 5.29 Å². The Balaban J connectivity index is 2.43. The molecule has 2 rings (SSSR count). The average molecular weight is 293 g/mol. The van der Waals surface area contributed by atoms with Gasteiger partial charge in [-0.3, -0.25) is 4.99 Å². The fraction of sp³-hybridized carbons (Fsp3) is 0.125. The Kier molecular flexibility index (Phi) is 2.23. The van der Waals surface area contributed by atoms with Gasteiger partial charge >= 0.3 is 0 Å². The largest absolute Gasteiger partial charge is 0.330 e. The van der Waals surface area contributed by atoms with Gasteiger partial charge < -0.3 is 5.32 Å². The maximum absolute atomic E-state index is 5.72. The van der Waals surface area contributed by atoms with Gasteiger partial charge in [0, 0.05) is 9.26 Å². The molecule has 1 aromatic rings. The van der Waals surface area contributed by atoms with Gasteiger partial charge in [-0.05, 0) is 58.0 Å². The summed E-state index contributed by atoms with van der Waals surface area (Å²) < 4.78 is 1.22. The molecule has 1 heterocycles. The van der Waals surface area contributed by atoms with Gasteiger partial charge in [0.1, 0.15) is 0 Å². The topological polar surface area (TPSA) is 24.4 Å². The molecule has 0 radical (unpaired) electrons. The minimum Gasteiger partial charge on any atom is -0.330 e. The first-order valence-corrected chi connectivity index (χ1v) is 4.97. The maximum Gasteiger partial charge on any atom is 0.196 e. The van der Waals surface area contributed by atoms with Gasteiger partial charge in [0.05, 0.1) is 6.54 Å². The molecular weight excluding hydrogens is 286 g/mol. The Morgan fingerprint density at radius 1 is 1.50 bits per heavy atom. The molecule has 0 fully saturated rings. The van der Waals surface area contributed by atoms with Crippen LogP contribution in [-0.2, 0) is 6.54 Å². The Labute approximate surface area is 89.2 Å². The highest BCUT2D eigenvalue weighted by Gasteiger charge is 2.08. The van der Waals surface area contributed by atoms with Gasteiger partial charge in [0.2, 0.25) is 0 Å². The molecule has 0 saturated heterocycles. The molecule has 2 nitrogen and oxygen atoms in total. The first-order valence-electron chi connectivity index (χ1n) is 3.51. The van der Waals surface area contributed by atoms with Crippen LogP contribution in [0.5, 0.6) is 0 Å². The molecule has 0 amide bonds. The van der Waals surface area contributed by atoms with Gasteiger partial charge in [-0.15, -0.1) is 0 Å². The lowest BCUT2D eigenvalue weighted by molar-refractivity contribution is 1.05. The van der Waals surface area contributed by atoms with Gasteiger partial charge in [0.25, 0.3) is 0 Å². The molecule has 1 aliphatic heterocycles. The quantitative estimate of drug-likeness (QED) is 0.577. The van der Waals surface area contributed by atoms with Crippen molar-refractivity contribution in [3.05, 3.63) is 27.3 Å². The molecular formula is C8H6ClIN2. The van der Waals surface area contributed by atoms with Crippen molar-refractivity contribution in [2.24, 2.45) is 4.99 Å². The molecule has 0 aromatic heterocycles. The first-order chi connectivity index (χ1) is 5.75. The minimum absolute atomic E-state index is 0.476. The van der Waals surface area contributed by atoms with E-state index in [-0.39, 0.29) is 0 Å². The van der Waals surface area contributed by atoms with Crippen LogP contribution in [0.2, 0.25) is 0 Å². The van der Waals surface area contributed by atoms with E-state index in [0.717, 1.165) is 5.69 Å².